The predicted molar refractivity (Wildman–Crippen MR) is 57.8 cm³/mol. The molecule has 3 heteroatoms. The number of hydrogen-bond donors (Lipinski definition) is 1. The molecule has 0 aliphatic rings. The third kappa shape index (κ3) is 7.53. The van der Waals surface area contributed by atoms with Crippen LogP contribution in [0.3, 0.4) is 0 Å². The zero-order valence-electron chi connectivity index (χ0n) is 8.99. The molecular weight excluding hydrogens is 178 g/mol. The maximum atomic E-state index is 10.9. The topological polar surface area (TPSA) is 49.7 Å². The van der Waals surface area contributed by atoms with Gasteiger partial charge in [-0.2, -0.15) is 0 Å². The van der Waals surface area contributed by atoms with Gasteiger partial charge in [-0.25, -0.2) is 0 Å². The zero-order chi connectivity index (χ0) is 10.8. The Hall–Kier alpha value is -1.12. The Kier molecular flexibility index (Phi) is 7.80. The number of allylic oxidation sites excluding steroid dienone is 2. The summed E-state index contributed by atoms with van der Waals surface area (Å²) in [7, 11) is 0. The van der Waals surface area contributed by atoms with Gasteiger partial charge in [0.05, 0.1) is 5.71 Å². The molecule has 1 N–H and O–H groups in total. The van der Waals surface area contributed by atoms with E-state index in [0.717, 1.165) is 19.3 Å². The van der Waals surface area contributed by atoms with E-state index in [1.54, 1.807) is 13.0 Å². The van der Waals surface area contributed by atoms with Gasteiger partial charge in [0.25, 0.3) is 0 Å². The summed E-state index contributed by atoms with van der Waals surface area (Å²) in [5.41, 5.74) is 0.606. The maximum Gasteiger partial charge on any atom is 0.132 e. The Morgan fingerprint density at radius 1 is 1.43 bits per heavy atom. The molecule has 0 spiro atoms. The summed E-state index contributed by atoms with van der Waals surface area (Å²) in [5, 5.41) is 11.4. The minimum absolute atomic E-state index is 0.335. The number of oxime groups is 1. The summed E-state index contributed by atoms with van der Waals surface area (Å²) >= 11 is 0. The number of unbranched alkanes of at least 4 members (excludes halogenated alkanes) is 2. The first-order valence-electron chi connectivity index (χ1n) is 5.07. The molecule has 14 heavy (non-hydrogen) atoms. The molecule has 0 unspecified atom stereocenters. The second kappa shape index (κ2) is 8.48. The molecular formula is C11H19NO2. The Labute approximate surface area is 85.5 Å². The normalized spacial score (nSPS) is 12.3. The molecule has 0 aromatic rings. The molecule has 0 fully saturated rings. The SMILES string of the molecule is CCC(=O)CCCCC=CC(C)=NO. The lowest BCUT2D eigenvalue weighted by Crippen LogP contribution is -1.93. The van der Waals surface area contributed by atoms with Gasteiger partial charge in [-0.1, -0.05) is 18.2 Å². The predicted octanol–water partition coefficient (Wildman–Crippen LogP) is 2.93. The summed E-state index contributed by atoms with van der Waals surface area (Å²) in [6.45, 7) is 3.63. The minimum atomic E-state index is 0.335. The number of hydrogen-bond acceptors (Lipinski definition) is 3. The van der Waals surface area contributed by atoms with Crippen LogP contribution < -0.4 is 0 Å². The van der Waals surface area contributed by atoms with Crippen LogP contribution in [0.2, 0.25) is 0 Å². The fourth-order valence-electron chi connectivity index (χ4n) is 1.05. The molecule has 0 saturated heterocycles. The molecule has 0 heterocycles. The van der Waals surface area contributed by atoms with E-state index >= 15 is 0 Å². The van der Waals surface area contributed by atoms with E-state index in [1.807, 2.05) is 13.0 Å². The average Bonchev–Trinajstić information content (AvgIpc) is 2.22. The standard InChI is InChI=1S/C11H19NO2/c1-3-11(13)9-7-5-4-6-8-10(2)12-14/h6,8,14H,3-5,7,9H2,1-2H3. The van der Waals surface area contributed by atoms with E-state index in [2.05, 4.69) is 5.16 Å². The van der Waals surface area contributed by atoms with Gasteiger partial charge in [0.15, 0.2) is 0 Å². The summed E-state index contributed by atoms with van der Waals surface area (Å²) in [6.07, 6.45) is 7.98. The van der Waals surface area contributed by atoms with Crippen molar-refractivity contribution in [2.75, 3.05) is 0 Å². The molecule has 0 bridgehead atoms. The summed E-state index contributed by atoms with van der Waals surface area (Å²) in [6, 6.07) is 0. The molecule has 0 amide bonds. The van der Waals surface area contributed by atoms with E-state index < -0.39 is 0 Å². The first-order valence-corrected chi connectivity index (χ1v) is 5.07. The quantitative estimate of drug-likeness (QED) is 0.295. The Bertz CT molecular complexity index is 219. The second-order valence-electron chi connectivity index (χ2n) is 3.28. The van der Waals surface area contributed by atoms with Gasteiger partial charge in [0.2, 0.25) is 0 Å². The van der Waals surface area contributed by atoms with Crippen molar-refractivity contribution in [1.29, 1.82) is 0 Å². The van der Waals surface area contributed by atoms with Gasteiger partial charge in [0, 0.05) is 12.8 Å². The van der Waals surface area contributed by atoms with Crippen molar-refractivity contribution in [3.8, 4) is 0 Å². The molecule has 0 atom stereocenters. The Morgan fingerprint density at radius 2 is 2.14 bits per heavy atom. The highest BCUT2D eigenvalue weighted by Gasteiger charge is 1.96. The number of carbonyl (C=O) groups excluding carboxylic acids is 1. The fraction of sp³-hybridized carbons (Fsp3) is 0.636. The third-order valence-electron chi connectivity index (χ3n) is 1.99. The molecule has 0 aromatic heterocycles. The molecule has 0 aliphatic heterocycles. The molecule has 0 rings (SSSR count). The van der Waals surface area contributed by atoms with Crippen LogP contribution in [0.25, 0.3) is 0 Å². The molecule has 0 radical (unpaired) electrons. The minimum Gasteiger partial charge on any atom is -0.411 e. The van der Waals surface area contributed by atoms with E-state index in [-0.39, 0.29) is 0 Å². The number of Topliss-reactive ketones (excluding diaryl/α,β-unsaturated/α-hetero) is 1. The molecule has 0 saturated carbocycles. The summed E-state index contributed by atoms with van der Waals surface area (Å²) in [5.74, 6) is 0.335. The van der Waals surface area contributed by atoms with Crippen molar-refractivity contribution >= 4 is 11.5 Å². The zero-order valence-corrected chi connectivity index (χ0v) is 8.99. The first-order chi connectivity index (χ1) is 6.70. The van der Waals surface area contributed by atoms with Crippen molar-refractivity contribution in [3.05, 3.63) is 12.2 Å². The monoisotopic (exact) mass is 197 g/mol. The summed E-state index contributed by atoms with van der Waals surface area (Å²) < 4.78 is 0. The van der Waals surface area contributed by atoms with Crippen LogP contribution in [0.5, 0.6) is 0 Å². The van der Waals surface area contributed by atoms with Crippen LogP contribution in [0, 0.1) is 0 Å². The van der Waals surface area contributed by atoms with Gasteiger partial charge in [-0.3, -0.25) is 4.79 Å². The maximum absolute atomic E-state index is 10.9. The van der Waals surface area contributed by atoms with Gasteiger partial charge < -0.3 is 5.21 Å². The van der Waals surface area contributed by atoms with Crippen molar-refractivity contribution < 1.29 is 10.0 Å². The highest BCUT2D eigenvalue weighted by atomic mass is 16.4. The fourth-order valence-corrected chi connectivity index (χ4v) is 1.05. The average molecular weight is 197 g/mol. The number of ketones is 1. The Balaban J connectivity index is 3.38. The molecule has 0 aromatic carbocycles. The van der Waals surface area contributed by atoms with Gasteiger partial charge >= 0.3 is 0 Å². The first kappa shape index (κ1) is 12.9. The number of nitrogens with zero attached hydrogens (tertiary/aromatic N) is 1. The van der Waals surface area contributed by atoms with Crippen LogP contribution in [0.15, 0.2) is 17.3 Å². The van der Waals surface area contributed by atoms with Crippen molar-refractivity contribution in [1.82, 2.24) is 0 Å². The van der Waals surface area contributed by atoms with Gasteiger partial charge in [-0.05, 0) is 32.3 Å². The van der Waals surface area contributed by atoms with E-state index in [1.165, 1.54) is 0 Å². The molecule has 0 aliphatic carbocycles. The second-order valence-corrected chi connectivity index (χ2v) is 3.28. The van der Waals surface area contributed by atoms with Crippen molar-refractivity contribution in [3.63, 3.8) is 0 Å². The van der Waals surface area contributed by atoms with Gasteiger partial charge in [0.1, 0.15) is 5.78 Å². The van der Waals surface area contributed by atoms with Crippen LogP contribution in [0.4, 0.5) is 0 Å². The largest absolute Gasteiger partial charge is 0.411 e. The van der Waals surface area contributed by atoms with Crippen LogP contribution in [-0.2, 0) is 4.79 Å². The lowest BCUT2D eigenvalue weighted by Gasteiger charge is -1.95. The van der Waals surface area contributed by atoms with E-state index in [9.17, 15) is 4.79 Å². The highest BCUT2D eigenvalue weighted by Crippen LogP contribution is 2.02. The van der Waals surface area contributed by atoms with Crippen molar-refractivity contribution in [2.45, 2.75) is 46.0 Å². The highest BCUT2D eigenvalue weighted by molar-refractivity contribution is 5.92. The number of carbonyl (C=O) groups is 1. The smallest absolute Gasteiger partial charge is 0.132 e. The van der Waals surface area contributed by atoms with Crippen LogP contribution in [0.1, 0.15) is 46.0 Å². The molecule has 3 nitrogen and oxygen atoms in total. The lowest BCUT2D eigenvalue weighted by atomic mass is 10.1. The van der Waals surface area contributed by atoms with Gasteiger partial charge in [-0.15, -0.1) is 0 Å². The Morgan fingerprint density at radius 3 is 2.71 bits per heavy atom. The summed E-state index contributed by atoms with van der Waals surface area (Å²) in [4.78, 5) is 10.9. The van der Waals surface area contributed by atoms with E-state index in [4.69, 9.17) is 5.21 Å². The lowest BCUT2D eigenvalue weighted by molar-refractivity contribution is -0.118. The number of rotatable bonds is 7. The van der Waals surface area contributed by atoms with E-state index in [0.29, 0.717) is 24.3 Å². The molecule has 80 valence electrons. The third-order valence-corrected chi connectivity index (χ3v) is 1.99. The van der Waals surface area contributed by atoms with Crippen LogP contribution in [-0.4, -0.2) is 16.7 Å². The van der Waals surface area contributed by atoms with Crippen molar-refractivity contribution in [2.24, 2.45) is 5.16 Å². The van der Waals surface area contributed by atoms with Crippen LogP contribution >= 0.6 is 0 Å².